The van der Waals surface area contributed by atoms with E-state index in [2.05, 4.69) is 4.90 Å². The number of likely N-dealkylation sites (tertiary alicyclic amines) is 2. The predicted molar refractivity (Wildman–Crippen MR) is 98.7 cm³/mol. The summed E-state index contributed by atoms with van der Waals surface area (Å²) in [5, 5.41) is 0. The van der Waals surface area contributed by atoms with Crippen molar-refractivity contribution in [3.8, 4) is 0 Å². The van der Waals surface area contributed by atoms with Crippen molar-refractivity contribution in [1.29, 1.82) is 0 Å². The molecule has 0 aromatic heterocycles. The molecule has 3 saturated heterocycles. The van der Waals surface area contributed by atoms with Gasteiger partial charge in [0.05, 0.1) is 11.2 Å². The highest BCUT2D eigenvalue weighted by Crippen LogP contribution is 2.37. The molecule has 4 nitrogen and oxygen atoms in total. The van der Waals surface area contributed by atoms with Gasteiger partial charge in [-0.3, -0.25) is 4.79 Å². The Morgan fingerprint density at radius 1 is 1.08 bits per heavy atom. The van der Waals surface area contributed by atoms with Crippen LogP contribution in [0.2, 0.25) is 0 Å². The summed E-state index contributed by atoms with van der Waals surface area (Å²) >= 11 is 0. The summed E-state index contributed by atoms with van der Waals surface area (Å²) in [7, 11) is 0. The van der Waals surface area contributed by atoms with Crippen LogP contribution in [0, 0.1) is 5.82 Å². The molecule has 0 N–H and O–H groups in total. The summed E-state index contributed by atoms with van der Waals surface area (Å²) in [5.74, 6) is -0.627. The van der Waals surface area contributed by atoms with Crippen molar-refractivity contribution in [3.63, 3.8) is 0 Å². The molecule has 1 aromatic rings. The van der Waals surface area contributed by atoms with E-state index in [1.165, 1.54) is 38.4 Å². The standard InChI is InChI=1S/C21H29FN2O2/c22-19-7-3-2-6-18(19)20(25)24-13-9-21(10-14-24)16-17(8-15-26-21)23-11-4-1-5-12-23/h2-3,6-7,17H,1,4-5,8-16H2. The van der Waals surface area contributed by atoms with Crippen LogP contribution in [0.1, 0.15) is 55.3 Å². The monoisotopic (exact) mass is 360 g/mol. The van der Waals surface area contributed by atoms with Gasteiger partial charge in [-0.2, -0.15) is 0 Å². The maximum absolute atomic E-state index is 13.9. The molecule has 3 heterocycles. The number of amides is 1. The SMILES string of the molecule is O=C(c1ccccc1F)N1CCC2(CC1)CC(N1CCCCC1)CCO2. The molecule has 1 atom stereocenters. The number of hydrogen-bond donors (Lipinski definition) is 0. The van der Waals surface area contributed by atoms with E-state index in [0.717, 1.165) is 32.3 Å². The lowest BCUT2D eigenvalue weighted by atomic mass is 9.81. The summed E-state index contributed by atoms with van der Waals surface area (Å²) in [6.45, 7) is 4.57. The van der Waals surface area contributed by atoms with Crippen molar-refractivity contribution >= 4 is 5.91 Å². The molecular formula is C21H29FN2O2. The Kier molecular flexibility index (Phi) is 5.28. The molecule has 5 heteroatoms. The number of carbonyl (C=O) groups excluding carboxylic acids is 1. The van der Waals surface area contributed by atoms with Gasteiger partial charge in [-0.15, -0.1) is 0 Å². The molecule has 1 unspecified atom stereocenters. The molecule has 4 rings (SSSR count). The highest BCUT2D eigenvalue weighted by molar-refractivity contribution is 5.94. The zero-order valence-electron chi connectivity index (χ0n) is 15.5. The lowest BCUT2D eigenvalue weighted by molar-refractivity contribution is -0.131. The molecule has 142 valence electrons. The molecule has 0 aliphatic carbocycles. The molecule has 26 heavy (non-hydrogen) atoms. The van der Waals surface area contributed by atoms with Crippen LogP contribution < -0.4 is 0 Å². The van der Waals surface area contributed by atoms with E-state index in [1.54, 1.807) is 23.1 Å². The smallest absolute Gasteiger partial charge is 0.256 e. The van der Waals surface area contributed by atoms with Crippen LogP contribution >= 0.6 is 0 Å². The fourth-order valence-electron chi connectivity index (χ4n) is 4.87. The summed E-state index contributed by atoms with van der Waals surface area (Å²) in [6, 6.07) is 6.89. The van der Waals surface area contributed by atoms with Crippen molar-refractivity contribution in [3.05, 3.63) is 35.6 Å². The van der Waals surface area contributed by atoms with Gasteiger partial charge in [-0.05, 0) is 63.7 Å². The molecule has 1 amide bonds. The van der Waals surface area contributed by atoms with E-state index >= 15 is 0 Å². The van der Waals surface area contributed by atoms with E-state index < -0.39 is 5.82 Å². The average molecular weight is 360 g/mol. The maximum Gasteiger partial charge on any atom is 0.256 e. The second kappa shape index (κ2) is 7.65. The average Bonchev–Trinajstić information content (AvgIpc) is 2.69. The molecule has 1 aromatic carbocycles. The first-order chi connectivity index (χ1) is 12.7. The summed E-state index contributed by atoms with van der Waals surface area (Å²) in [4.78, 5) is 17.1. The zero-order valence-corrected chi connectivity index (χ0v) is 15.5. The number of nitrogens with zero attached hydrogens (tertiary/aromatic N) is 2. The molecule has 3 fully saturated rings. The van der Waals surface area contributed by atoms with Crippen molar-refractivity contribution in [2.75, 3.05) is 32.8 Å². The third-order valence-corrected chi connectivity index (χ3v) is 6.44. The maximum atomic E-state index is 13.9. The second-order valence-electron chi connectivity index (χ2n) is 8.05. The van der Waals surface area contributed by atoms with Gasteiger partial charge in [-0.1, -0.05) is 18.6 Å². The summed E-state index contributed by atoms with van der Waals surface area (Å²) in [6.07, 6.45) is 7.91. The van der Waals surface area contributed by atoms with Crippen LogP contribution in [0.3, 0.4) is 0 Å². The Hall–Kier alpha value is -1.46. The molecule has 0 saturated carbocycles. The van der Waals surface area contributed by atoms with Crippen LogP contribution in [-0.2, 0) is 4.74 Å². The quantitative estimate of drug-likeness (QED) is 0.810. The van der Waals surface area contributed by atoms with Crippen LogP contribution in [0.25, 0.3) is 0 Å². The summed E-state index contributed by atoms with van der Waals surface area (Å²) < 4.78 is 20.2. The number of carbonyl (C=O) groups is 1. The lowest BCUT2D eigenvalue weighted by Gasteiger charge is -2.49. The number of benzene rings is 1. The molecule has 1 spiro atoms. The molecular weight excluding hydrogens is 331 g/mol. The van der Waals surface area contributed by atoms with Crippen molar-refractivity contribution in [1.82, 2.24) is 9.80 Å². The number of halogens is 1. The van der Waals surface area contributed by atoms with Crippen molar-refractivity contribution in [2.24, 2.45) is 0 Å². The van der Waals surface area contributed by atoms with Crippen LogP contribution in [-0.4, -0.2) is 60.1 Å². The van der Waals surface area contributed by atoms with Gasteiger partial charge < -0.3 is 14.5 Å². The minimum atomic E-state index is -0.433. The van der Waals surface area contributed by atoms with E-state index in [1.807, 2.05) is 0 Å². The number of piperidine rings is 2. The minimum Gasteiger partial charge on any atom is -0.375 e. The van der Waals surface area contributed by atoms with Crippen molar-refractivity contribution < 1.29 is 13.9 Å². The molecule has 3 aliphatic heterocycles. The van der Waals surface area contributed by atoms with Gasteiger partial charge in [0.15, 0.2) is 0 Å². The Morgan fingerprint density at radius 3 is 2.54 bits per heavy atom. The van der Waals surface area contributed by atoms with Crippen LogP contribution in [0.4, 0.5) is 4.39 Å². The van der Waals surface area contributed by atoms with E-state index in [4.69, 9.17) is 4.74 Å². The fourth-order valence-corrected chi connectivity index (χ4v) is 4.87. The predicted octanol–water partition coefficient (Wildman–Crippen LogP) is 3.47. The number of hydrogen-bond acceptors (Lipinski definition) is 3. The lowest BCUT2D eigenvalue weighted by Crippen LogP contribution is -2.55. The molecule has 0 bridgehead atoms. The normalized spacial score (nSPS) is 26.8. The number of rotatable bonds is 2. The topological polar surface area (TPSA) is 32.8 Å². The van der Waals surface area contributed by atoms with Gasteiger partial charge in [0.1, 0.15) is 5.82 Å². The van der Waals surface area contributed by atoms with Gasteiger partial charge in [0.2, 0.25) is 0 Å². The van der Waals surface area contributed by atoms with Gasteiger partial charge in [0, 0.05) is 25.7 Å². The number of ether oxygens (including phenoxy) is 1. The highest BCUT2D eigenvalue weighted by atomic mass is 19.1. The molecule has 0 radical (unpaired) electrons. The second-order valence-corrected chi connectivity index (χ2v) is 8.05. The van der Waals surface area contributed by atoms with E-state index in [0.29, 0.717) is 19.1 Å². The molecule has 3 aliphatic rings. The zero-order chi connectivity index (χ0) is 18.0. The van der Waals surface area contributed by atoms with Crippen molar-refractivity contribution in [2.45, 2.75) is 56.6 Å². The third kappa shape index (κ3) is 3.65. The Balaban J connectivity index is 1.38. The first-order valence-corrected chi connectivity index (χ1v) is 10.1. The third-order valence-electron chi connectivity index (χ3n) is 6.44. The first-order valence-electron chi connectivity index (χ1n) is 10.1. The minimum absolute atomic E-state index is 0.0909. The summed E-state index contributed by atoms with van der Waals surface area (Å²) in [5.41, 5.74) is 0.0889. The Bertz CT molecular complexity index is 637. The van der Waals surface area contributed by atoms with Crippen LogP contribution in [0.5, 0.6) is 0 Å². The highest BCUT2D eigenvalue weighted by Gasteiger charge is 2.42. The Morgan fingerprint density at radius 2 is 1.81 bits per heavy atom. The van der Waals surface area contributed by atoms with Gasteiger partial charge in [0.25, 0.3) is 5.91 Å². The van der Waals surface area contributed by atoms with Gasteiger partial charge in [-0.25, -0.2) is 4.39 Å². The first kappa shape index (κ1) is 17.9. The van der Waals surface area contributed by atoms with Crippen LogP contribution in [0.15, 0.2) is 24.3 Å². The largest absolute Gasteiger partial charge is 0.375 e. The van der Waals surface area contributed by atoms with E-state index in [-0.39, 0.29) is 17.1 Å². The Labute approximate surface area is 155 Å². The van der Waals surface area contributed by atoms with E-state index in [9.17, 15) is 9.18 Å². The van der Waals surface area contributed by atoms with Gasteiger partial charge >= 0.3 is 0 Å². The fraction of sp³-hybridized carbons (Fsp3) is 0.667.